The SMILES string of the molecule is Cc1ccc(C(=O)COCc2ccc(Br)cc2)cc1C. The molecule has 0 heterocycles. The van der Waals surface area contributed by atoms with Crippen molar-refractivity contribution in [2.45, 2.75) is 20.5 Å². The summed E-state index contributed by atoms with van der Waals surface area (Å²) >= 11 is 3.39. The monoisotopic (exact) mass is 332 g/mol. The summed E-state index contributed by atoms with van der Waals surface area (Å²) in [5, 5.41) is 0. The van der Waals surface area contributed by atoms with Gasteiger partial charge in [-0.05, 0) is 48.7 Å². The van der Waals surface area contributed by atoms with Crippen molar-refractivity contribution in [3.63, 3.8) is 0 Å². The lowest BCUT2D eigenvalue weighted by Gasteiger charge is -2.06. The lowest BCUT2D eigenvalue weighted by molar-refractivity contribution is 0.0726. The summed E-state index contributed by atoms with van der Waals surface area (Å²) in [5.74, 6) is 0.0187. The number of carbonyl (C=O) groups excluding carboxylic acids is 1. The van der Waals surface area contributed by atoms with E-state index in [0.29, 0.717) is 12.2 Å². The zero-order valence-corrected chi connectivity index (χ0v) is 13.2. The minimum absolute atomic E-state index is 0.0187. The van der Waals surface area contributed by atoms with Crippen LogP contribution >= 0.6 is 15.9 Å². The summed E-state index contributed by atoms with van der Waals surface area (Å²) in [6.07, 6.45) is 0. The van der Waals surface area contributed by atoms with Crippen molar-refractivity contribution in [3.8, 4) is 0 Å². The van der Waals surface area contributed by atoms with Crippen LogP contribution in [0.5, 0.6) is 0 Å². The molecule has 0 spiro atoms. The molecule has 0 atom stereocenters. The van der Waals surface area contributed by atoms with E-state index in [4.69, 9.17) is 4.74 Å². The molecule has 0 aliphatic rings. The number of ketones is 1. The van der Waals surface area contributed by atoms with Crippen molar-refractivity contribution in [1.29, 1.82) is 0 Å². The largest absolute Gasteiger partial charge is 0.369 e. The molecular formula is C17H17BrO2. The van der Waals surface area contributed by atoms with Crippen molar-refractivity contribution in [2.75, 3.05) is 6.61 Å². The van der Waals surface area contributed by atoms with Crippen LogP contribution in [0.15, 0.2) is 46.9 Å². The Morgan fingerprint density at radius 3 is 2.40 bits per heavy atom. The van der Waals surface area contributed by atoms with Gasteiger partial charge in [-0.3, -0.25) is 4.79 Å². The molecule has 0 aliphatic carbocycles. The normalized spacial score (nSPS) is 10.6. The average Bonchev–Trinajstić information content (AvgIpc) is 2.44. The van der Waals surface area contributed by atoms with Crippen LogP contribution in [0.25, 0.3) is 0 Å². The Morgan fingerprint density at radius 2 is 1.75 bits per heavy atom. The van der Waals surface area contributed by atoms with Gasteiger partial charge >= 0.3 is 0 Å². The minimum Gasteiger partial charge on any atom is -0.369 e. The van der Waals surface area contributed by atoms with E-state index in [1.54, 1.807) is 0 Å². The molecule has 20 heavy (non-hydrogen) atoms. The maximum atomic E-state index is 12.0. The zero-order chi connectivity index (χ0) is 14.5. The number of halogens is 1. The standard InChI is InChI=1S/C17H17BrO2/c1-12-3-6-15(9-13(12)2)17(19)11-20-10-14-4-7-16(18)8-5-14/h3-9H,10-11H2,1-2H3. The Bertz CT molecular complexity index is 603. The molecule has 0 radical (unpaired) electrons. The van der Waals surface area contributed by atoms with Crippen molar-refractivity contribution in [2.24, 2.45) is 0 Å². The highest BCUT2D eigenvalue weighted by Gasteiger charge is 2.07. The maximum Gasteiger partial charge on any atom is 0.188 e. The highest BCUT2D eigenvalue weighted by molar-refractivity contribution is 9.10. The molecule has 0 saturated heterocycles. The number of aryl methyl sites for hydroxylation is 2. The van der Waals surface area contributed by atoms with Crippen LogP contribution in [0.2, 0.25) is 0 Å². The van der Waals surface area contributed by atoms with Gasteiger partial charge in [-0.1, -0.05) is 40.2 Å². The quantitative estimate of drug-likeness (QED) is 0.755. The van der Waals surface area contributed by atoms with Gasteiger partial charge in [0.05, 0.1) is 6.61 Å². The lowest BCUT2D eigenvalue weighted by Crippen LogP contribution is -2.09. The number of hydrogen-bond donors (Lipinski definition) is 0. The number of carbonyl (C=O) groups is 1. The van der Waals surface area contributed by atoms with Crippen LogP contribution in [0.1, 0.15) is 27.0 Å². The fraction of sp³-hybridized carbons (Fsp3) is 0.235. The van der Waals surface area contributed by atoms with E-state index in [1.165, 1.54) is 5.56 Å². The molecule has 0 bridgehead atoms. The molecule has 0 aromatic heterocycles. The van der Waals surface area contributed by atoms with Gasteiger partial charge in [0.25, 0.3) is 0 Å². The van der Waals surface area contributed by atoms with Crippen LogP contribution in [0.3, 0.4) is 0 Å². The van der Waals surface area contributed by atoms with Crippen molar-refractivity contribution >= 4 is 21.7 Å². The molecule has 2 aromatic carbocycles. The van der Waals surface area contributed by atoms with Crippen LogP contribution in [-0.4, -0.2) is 12.4 Å². The van der Waals surface area contributed by atoms with Crippen LogP contribution in [0.4, 0.5) is 0 Å². The first-order valence-corrected chi connectivity index (χ1v) is 7.28. The Hall–Kier alpha value is -1.45. The molecule has 0 saturated carbocycles. The van der Waals surface area contributed by atoms with Gasteiger partial charge in [0.15, 0.2) is 5.78 Å². The predicted molar refractivity (Wildman–Crippen MR) is 84.0 cm³/mol. The van der Waals surface area contributed by atoms with E-state index < -0.39 is 0 Å². The minimum atomic E-state index is 0.0187. The molecule has 3 heteroatoms. The average molecular weight is 333 g/mol. The third kappa shape index (κ3) is 4.02. The van der Waals surface area contributed by atoms with Gasteiger partial charge < -0.3 is 4.74 Å². The number of Topliss-reactive ketones (excluding diaryl/α,β-unsaturated/α-hetero) is 1. The predicted octanol–water partition coefficient (Wildman–Crippen LogP) is 4.47. The van der Waals surface area contributed by atoms with Crippen LogP contribution < -0.4 is 0 Å². The van der Waals surface area contributed by atoms with E-state index in [0.717, 1.165) is 15.6 Å². The Labute approximate surface area is 127 Å². The fourth-order valence-corrected chi connectivity index (χ4v) is 2.10. The molecule has 2 nitrogen and oxygen atoms in total. The van der Waals surface area contributed by atoms with E-state index in [2.05, 4.69) is 15.9 Å². The maximum absolute atomic E-state index is 12.0. The molecule has 2 aromatic rings. The second-order valence-corrected chi connectivity index (χ2v) is 5.76. The fourth-order valence-electron chi connectivity index (χ4n) is 1.84. The van der Waals surface area contributed by atoms with Gasteiger partial charge in [0, 0.05) is 10.0 Å². The third-order valence-electron chi connectivity index (χ3n) is 3.24. The van der Waals surface area contributed by atoms with E-state index in [9.17, 15) is 4.79 Å². The molecule has 0 amide bonds. The highest BCUT2D eigenvalue weighted by Crippen LogP contribution is 2.13. The summed E-state index contributed by atoms with van der Waals surface area (Å²) in [5.41, 5.74) is 4.09. The van der Waals surface area contributed by atoms with Gasteiger partial charge in [0.2, 0.25) is 0 Å². The second kappa shape index (κ2) is 6.82. The molecule has 104 valence electrons. The zero-order valence-electron chi connectivity index (χ0n) is 11.7. The number of hydrogen-bond acceptors (Lipinski definition) is 2. The summed E-state index contributed by atoms with van der Waals surface area (Å²) < 4.78 is 6.52. The van der Waals surface area contributed by atoms with Crippen LogP contribution in [-0.2, 0) is 11.3 Å². The summed E-state index contributed by atoms with van der Waals surface area (Å²) in [4.78, 5) is 12.0. The van der Waals surface area contributed by atoms with E-state index in [-0.39, 0.29) is 12.4 Å². The van der Waals surface area contributed by atoms with E-state index >= 15 is 0 Å². The molecule has 0 aliphatic heterocycles. The van der Waals surface area contributed by atoms with E-state index in [1.807, 2.05) is 56.3 Å². The molecular weight excluding hydrogens is 316 g/mol. The third-order valence-corrected chi connectivity index (χ3v) is 3.77. The van der Waals surface area contributed by atoms with Gasteiger partial charge in [0.1, 0.15) is 6.61 Å². The first-order chi connectivity index (χ1) is 9.56. The second-order valence-electron chi connectivity index (χ2n) is 4.84. The molecule has 0 N–H and O–H groups in total. The van der Waals surface area contributed by atoms with Crippen LogP contribution in [0, 0.1) is 13.8 Å². The first-order valence-electron chi connectivity index (χ1n) is 6.49. The molecule has 0 fully saturated rings. The Morgan fingerprint density at radius 1 is 1.05 bits per heavy atom. The Balaban J connectivity index is 1.88. The summed E-state index contributed by atoms with van der Waals surface area (Å²) in [6.45, 7) is 4.60. The Kier molecular flexibility index (Phi) is 5.10. The summed E-state index contributed by atoms with van der Waals surface area (Å²) in [6, 6.07) is 13.6. The topological polar surface area (TPSA) is 26.3 Å². The van der Waals surface area contributed by atoms with Crippen molar-refractivity contribution in [3.05, 3.63) is 69.2 Å². The highest BCUT2D eigenvalue weighted by atomic mass is 79.9. The number of benzene rings is 2. The van der Waals surface area contributed by atoms with Gasteiger partial charge in [-0.2, -0.15) is 0 Å². The van der Waals surface area contributed by atoms with Crippen molar-refractivity contribution < 1.29 is 9.53 Å². The van der Waals surface area contributed by atoms with Crippen molar-refractivity contribution in [1.82, 2.24) is 0 Å². The smallest absolute Gasteiger partial charge is 0.188 e. The van der Waals surface area contributed by atoms with Gasteiger partial charge in [-0.25, -0.2) is 0 Å². The number of ether oxygens (including phenoxy) is 1. The first kappa shape index (κ1) is 14.9. The lowest BCUT2D eigenvalue weighted by atomic mass is 10.0. The van der Waals surface area contributed by atoms with Gasteiger partial charge in [-0.15, -0.1) is 0 Å². The molecule has 0 unspecified atom stereocenters. The number of rotatable bonds is 5. The summed E-state index contributed by atoms with van der Waals surface area (Å²) in [7, 11) is 0. The molecule has 2 rings (SSSR count).